The first-order chi connectivity index (χ1) is 23.5. The standard InChI is InChI=1S/C36H61NO10Si/c1-36(2,3)48(34-10-6-4-7-11-34,35-12-8-5-9-13-35)47-33-32-46-31-30-45-29-28-44-27-26-43-25-24-42-23-22-41-21-20-40-19-18-39-17-16-38-15-14-37/h4-13H,14-33,37H2,1-3H3. The summed E-state index contributed by atoms with van der Waals surface area (Å²) in [5, 5.41) is 2.48. The summed E-state index contributed by atoms with van der Waals surface area (Å²) >= 11 is 0. The Balaban J connectivity index is 1.37. The second-order valence-corrected chi connectivity index (χ2v) is 16.1. The molecule has 274 valence electrons. The zero-order valence-corrected chi connectivity index (χ0v) is 30.6. The van der Waals surface area contributed by atoms with E-state index in [-0.39, 0.29) is 5.04 Å². The molecule has 0 saturated heterocycles. The summed E-state index contributed by atoms with van der Waals surface area (Å²) in [5.74, 6) is 0. The van der Waals surface area contributed by atoms with Crippen LogP contribution in [0.4, 0.5) is 0 Å². The summed E-state index contributed by atoms with van der Waals surface area (Å²) in [6.45, 7) is 17.3. The van der Waals surface area contributed by atoms with Crippen LogP contribution in [0.15, 0.2) is 60.7 Å². The van der Waals surface area contributed by atoms with Gasteiger partial charge in [0.25, 0.3) is 8.32 Å². The van der Waals surface area contributed by atoms with Crippen molar-refractivity contribution in [3.05, 3.63) is 60.7 Å². The van der Waals surface area contributed by atoms with Gasteiger partial charge in [-0.05, 0) is 15.4 Å². The van der Waals surface area contributed by atoms with Crippen molar-refractivity contribution in [1.29, 1.82) is 0 Å². The van der Waals surface area contributed by atoms with Gasteiger partial charge in [0.05, 0.1) is 126 Å². The van der Waals surface area contributed by atoms with Gasteiger partial charge < -0.3 is 52.8 Å². The van der Waals surface area contributed by atoms with Crippen LogP contribution in [-0.2, 0) is 47.1 Å². The van der Waals surface area contributed by atoms with Crippen LogP contribution in [0.25, 0.3) is 0 Å². The molecule has 0 heterocycles. The van der Waals surface area contributed by atoms with E-state index in [0.717, 1.165) is 0 Å². The third kappa shape index (κ3) is 18.3. The molecule has 0 bridgehead atoms. The summed E-state index contributed by atoms with van der Waals surface area (Å²) in [7, 11) is -2.53. The van der Waals surface area contributed by atoms with Crippen LogP contribution in [0.3, 0.4) is 0 Å². The molecule has 0 aromatic heterocycles. The molecule has 0 amide bonds. The minimum Gasteiger partial charge on any atom is -0.405 e. The van der Waals surface area contributed by atoms with E-state index in [0.29, 0.717) is 132 Å². The van der Waals surface area contributed by atoms with E-state index in [4.69, 9.17) is 52.8 Å². The minimum atomic E-state index is -2.53. The Kier molecular flexibility index (Phi) is 24.7. The second kappa shape index (κ2) is 28.0. The third-order valence-corrected chi connectivity index (χ3v) is 12.2. The molecule has 12 heteroatoms. The lowest BCUT2D eigenvalue weighted by Crippen LogP contribution is -2.66. The van der Waals surface area contributed by atoms with Gasteiger partial charge in [-0.2, -0.15) is 0 Å². The maximum absolute atomic E-state index is 6.84. The van der Waals surface area contributed by atoms with Gasteiger partial charge >= 0.3 is 0 Å². The summed E-state index contributed by atoms with van der Waals surface area (Å²) < 4.78 is 56.4. The van der Waals surface area contributed by atoms with E-state index in [1.165, 1.54) is 10.4 Å². The Labute approximate surface area is 289 Å². The number of hydrogen-bond acceptors (Lipinski definition) is 11. The summed E-state index contributed by atoms with van der Waals surface area (Å²) in [4.78, 5) is 0. The van der Waals surface area contributed by atoms with Gasteiger partial charge in [0.15, 0.2) is 0 Å². The van der Waals surface area contributed by atoms with Crippen LogP contribution in [-0.4, -0.2) is 140 Å². The largest absolute Gasteiger partial charge is 0.405 e. The highest BCUT2D eigenvalue weighted by Gasteiger charge is 2.50. The lowest BCUT2D eigenvalue weighted by molar-refractivity contribution is -0.0253. The van der Waals surface area contributed by atoms with E-state index in [1.54, 1.807) is 0 Å². The summed E-state index contributed by atoms with van der Waals surface area (Å²) in [6.07, 6.45) is 0. The van der Waals surface area contributed by atoms with Gasteiger partial charge in [-0.3, -0.25) is 0 Å². The van der Waals surface area contributed by atoms with Crippen molar-refractivity contribution in [3.63, 3.8) is 0 Å². The first kappa shape index (κ1) is 42.4. The maximum atomic E-state index is 6.84. The molecular weight excluding hydrogens is 634 g/mol. The van der Waals surface area contributed by atoms with E-state index in [9.17, 15) is 0 Å². The Morgan fingerprint density at radius 3 is 0.896 bits per heavy atom. The van der Waals surface area contributed by atoms with Gasteiger partial charge in [0.2, 0.25) is 0 Å². The highest BCUT2D eigenvalue weighted by atomic mass is 28.4. The molecule has 0 aliphatic rings. The van der Waals surface area contributed by atoms with E-state index >= 15 is 0 Å². The van der Waals surface area contributed by atoms with Crippen molar-refractivity contribution < 1.29 is 47.1 Å². The second-order valence-electron chi connectivity index (χ2n) is 11.8. The van der Waals surface area contributed by atoms with Gasteiger partial charge in [0.1, 0.15) is 0 Å². The van der Waals surface area contributed by atoms with Crippen molar-refractivity contribution in [2.75, 3.05) is 132 Å². The molecule has 2 aromatic rings. The van der Waals surface area contributed by atoms with Crippen LogP contribution >= 0.6 is 0 Å². The van der Waals surface area contributed by atoms with Crippen molar-refractivity contribution >= 4 is 18.7 Å². The topological polar surface area (TPSA) is 118 Å². The molecule has 0 atom stereocenters. The molecule has 0 radical (unpaired) electrons. The third-order valence-electron chi connectivity index (χ3n) is 7.20. The van der Waals surface area contributed by atoms with Crippen molar-refractivity contribution in [3.8, 4) is 0 Å². The molecule has 2 rings (SSSR count). The normalized spacial score (nSPS) is 12.2. The fourth-order valence-corrected chi connectivity index (χ4v) is 9.50. The number of nitrogens with two attached hydrogens (primary N) is 1. The highest BCUT2D eigenvalue weighted by molar-refractivity contribution is 6.99. The molecule has 11 nitrogen and oxygen atoms in total. The number of benzene rings is 2. The molecule has 2 aromatic carbocycles. The predicted molar refractivity (Wildman–Crippen MR) is 190 cm³/mol. The van der Waals surface area contributed by atoms with Gasteiger partial charge in [-0.15, -0.1) is 0 Å². The number of hydrogen-bond donors (Lipinski definition) is 1. The van der Waals surface area contributed by atoms with Crippen LogP contribution in [0.1, 0.15) is 20.8 Å². The SMILES string of the molecule is CC(C)(C)[Si](OCCOCCOCCOCCOCCOCCOCCOCCOCCOCCN)(c1ccccc1)c1ccccc1. The molecular formula is C36H61NO10Si. The summed E-state index contributed by atoms with van der Waals surface area (Å²) in [6, 6.07) is 21.3. The molecule has 0 aliphatic heterocycles. The molecule has 0 saturated carbocycles. The average Bonchev–Trinajstić information content (AvgIpc) is 3.09. The van der Waals surface area contributed by atoms with Gasteiger partial charge in [-0.1, -0.05) is 81.4 Å². The van der Waals surface area contributed by atoms with Crippen molar-refractivity contribution in [1.82, 2.24) is 0 Å². The molecule has 0 aliphatic carbocycles. The quantitative estimate of drug-likeness (QED) is 0.0900. The highest BCUT2D eigenvalue weighted by Crippen LogP contribution is 2.36. The lowest BCUT2D eigenvalue weighted by atomic mass is 10.2. The first-order valence-corrected chi connectivity index (χ1v) is 19.1. The van der Waals surface area contributed by atoms with E-state index in [1.807, 2.05) is 0 Å². The minimum absolute atomic E-state index is 0.0533. The smallest absolute Gasteiger partial charge is 0.261 e. The zero-order valence-electron chi connectivity index (χ0n) is 29.6. The first-order valence-electron chi connectivity index (χ1n) is 17.2. The van der Waals surface area contributed by atoms with E-state index in [2.05, 4.69) is 81.4 Å². The zero-order chi connectivity index (χ0) is 34.4. The summed E-state index contributed by atoms with van der Waals surface area (Å²) in [5.41, 5.74) is 5.34. The van der Waals surface area contributed by atoms with E-state index < -0.39 is 8.32 Å². The van der Waals surface area contributed by atoms with Gasteiger partial charge in [-0.25, -0.2) is 0 Å². The monoisotopic (exact) mass is 695 g/mol. The number of ether oxygens (including phenoxy) is 9. The van der Waals surface area contributed by atoms with Crippen LogP contribution < -0.4 is 16.1 Å². The molecule has 2 N–H and O–H groups in total. The van der Waals surface area contributed by atoms with Gasteiger partial charge in [0, 0.05) is 6.54 Å². The Morgan fingerprint density at radius 1 is 0.396 bits per heavy atom. The van der Waals surface area contributed by atoms with Crippen LogP contribution in [0.5, 0.6) is 0 Å². The fraction of sp³-hybridized carbons (Fsp3) is 0.667. The molecule has 48 heavy (non-hydrogen) atoms. The molecule has 0 unspecified atom stereocenters. The van der Waals surface area contributed by atoms with Crippen molar-refractivity contribution in [2.24, 2.45) is 5.73 Å². The van der Waals surface area contributed by atoms with Crippen LogP contribution in [0, 0.1) is 0 Å². The Hall–Kier alpha value is -1.78. The lowest BCUT2D eigenvalue weighted by Gasteiger charge is -2.43. The predicted octanol–water partition coefficient (Wildman–Crippen LogP) is 2.67. The molecule has 0 fully saturated rings. The Morgan fingerprint density at radius 2 is 0.646 bits per heavy atom. The maximum Gasteiger partial charge on any atom is 0.261 e. The number of rotatable bonds is 32. The van der Waals surface area contributed by atoms with Crippen molar-refractivity contribution in [2.45, 2.75) is 25.8 Å². The fourth-order valence-electron chi connectivity index (χ4n) is 4.96. The van der Waals surface area contributed by atoms with Crippen LogP contribution in [0.2, 0.25) is 5.04 Å². The molecule has 0 spiro atoms. The Bertz CT molecular complexity index is 944. The average molecular weight is 696 g/mol.